The van der Waals surface area contributed by atoms with E-state index in [9.17, 15) is 14.7 Å². The molecule has 4 nitrogen and oxygen atoms in total. The normalized spacial score (nSPS) is 13.2. The van der Waals surface area contributed by atoms with Crippen LogP contribution in [0.1, 0.15) is 78.6 Å². The summed E-state index contributed by atoms with van der Waals surface area (Å²) >= 11 is 0. The van der Waals surface area contributed by atoms with Crippen LogP contribution in [0.3, 0.4) is 0 Å². The van der Waals surface area contributed by atoms with Gasteiger partial charge in [0.2, 0.25) is 0 Å². The maximum atomic E-state index is 12.2. The second-order valence-electron chi connectivity index (χ2n) is 5.64. The fourth-order valence-corrected chi connectivity index (χ4v) is 2.05. The van der Waals surface area contributed by atoms with Gasteiger partial charge in [-0.05, 0) is 24.4 Å². The minimum Gasteiger partial charge on any atom is -0.478 e. The van der Waals surface area contributed by atoms with Gasteiger partial charge in [0.05, 0.1) is 23.2 Å². The van der Waals surface area contributed by atoms with Gasteiger partial charge in [-0.25, -0.2) is 9.59 Å². The molecule has 0 aliphatic heterocycles. The van der Waals surface area contributed by atoms with E-state index in [1.165, 1.54) is 12.8 Å². The van der Waals surface area contributed by atoms with Crippen LogP contribution in [0.4, 0.5) is 0 Å². The predicted molar refractivity (Wildman–Crippen MR) is 86.2 cm³/mol. The summed E-state index contributed by atoms with van der Waals surface area (Å²) in [5.41, 5.74) is -1.38. The van der Waals surface area contributed by atoms with Gasteiger partial charge in [-0.3, -0.25) is 0 Å². The molecule has 0 saturated carbocycles. The summed E-state index contributed by atoms with van der Waals surface area (Å²) in [5, 5.41) is 9.21. The average molecular weight is 310 g/mol. The van der Waals surface area contributed by atoms with Gasteiger partial charge >= 0.3 is 11.9 Å². The number of carbonyl (C=O) groups excluding carboxylic acids is 1. The average Bonchev–Trinajstić information content (AvgIpc) is 2.57. The van der Waals surface area contributed by atoms with Crippen LogP contribution in [0, 0.1) is 5.92 Å². The van der Waals surface area contributed by atoms with E-state index < -0.39 is 47.2 Å². The highest BCUT2D eigenvalue weighted by Crippen LogP contribution is 2.12. The molecule has 1 rings (SSSR count). The van der Waals surface area contributed by atoms with Crippen molar-refractivity contribution in [1.82, 2.24) is 0 Å². The van der Waals surface area contributed by atoms with Crippen molar-refractivity contribution in [3.63, 3.8) is 0 Å². The summed E-state index contributed by atoms with van der Waals surface area (Å²) in [5.74, 6) is -1.93. The monoisotopic (exact) mass is 310 g/mol. The number of aromatic carboxylic acids is 1. The third kappa shape index (κ3) is 6.74. The molecule has 1 aromatic carbocycles. The van der Waals surface area contributed by atoms with Crippen molar-refractivity contribution in [2.45, 2.75) is 52.4 Å². The molecule has 0 radical (unpaired) electrons. The third-order valence-electron chi connectivity index (χ3n) is 3.26. The molecule has 1 aromatic rings. The Morgan fingerprint density at radius 1 is 1.09 bits per heavy atom. The summed E-state index contributed by atoms with van der Waals surface area (Å²) in [6, 6.07) is -2.79. The van der Waals surface area contributed by atoms with Crippen LogP contribution in [-0.2, 0) is 4.74 Å². The lowest BCUT2D eigenvalue weighted by Crippen LogP contribution is -2.12. The maximum Gasteiger partial charge on any atom is 0.339 e. The smallest absolute Gasteiger partial charge is 0.339 e. The Kier molecular flexibility index (Phi) is 5.75. The number of unbranched alkanes of at least 4 members (excludes halogenated alkanes) is 4. The fraction of sp³-hybridized carbons (Fsp3) is 0.556. The number of ether oxygens (including phenoxy) is 1. The number of hydrogen-bond donors (Lipinski definition) is 1. The van der Waals surface area contributed by atoms with E-state index >= 15 is 0 Å². The van der Waals surface area contributed by atoms with E-state index in [1.54, 1.807) is 0 Å². The van der Waals surface area contributed by atoms with Crippen molar-refractivity contribution in [2.75, 3.05) is 6.61 Å². The Balaban J connectivity index is 2.64. The van der Waals surface area contributed by atoms with Crippen molar-refractivity contribution in [1.29, 1.82) is 0 Å². The van der Waals surface area contributed by atoms with E-state index in [0.29, 0.717) is 12.3 Å². The standard InChI is InChI=1S/C18H26O4/c1-14(2)10-6-4-3-5-9-13-22-18(21)16-12-8-7-11-15(16)17(19)20/h7-8,11-12,14H,3-6,9-10,13H2,1-2H3,(H,19,20)/i7D,8D,11D,12D. The van der Waals surface area contributed by atoms with Crippen molar-refractivity contribution in [3.05, 3.63) is 35.3 Å². The summed E-state index contributed by atoms with van der Waals surface area (Å²) in [4.78, 5) is 23.5. The highest BCUT2D eigenvalue weighted by molar-refractivity contribution is 6.02. The molecule has 0 aromatic heterocycles. The van der Waals surface area contributed by atoms with Crippen molar-refractivity contribution in [3.8, 4) is 0 Å². The molecule has 0 fully saturated rings. The van der Waals surface area contributed by atoms with Crippen LogP contribution >= 0.6 is 0 Å². The van der Waals surface area contributed by atoms with E-state index in [0.717, 1.165) is 19.3 Å². The molecule has 0 amide bonds. The zero-order chi connectivity index (χ0) is 19.9. The van der Waals surface area contributed by atoms with Gasteiger partial charge < -0.3 is 9.84 Å². The van der Waals surface area contributed by atoms with E-state index in [1.807, 2.05) is 0 Å². The first kappa shape index (κ1) is 12.7. The SMILES string of the molecule is [2H]c1c([2H])c([2H])c(C(=O)OCCCCCCCC(C)C)c(C(=O)O)c1[2H]. The fourth-order valence-electron chi connectivity index (χ4n) is 2.05. The molecule has 0 aliphatic rings. The largest absolute Gasteiger partial charge is 0.478 e. The second kappa shape index (κ2) is 9.98. The van der Waals surface area contributed by atoms with Crippen molar-refractivity contribution >= 4 is 11.9 Å². The van der Waals surface area contributed by atoms with E-state index in [4.69, 9.17) is 10.2 Å². The molecule has 0 bridgehead atoms. The van der Waals surface area contributed by atoms with Crippen LogP contribution in [-0.4, -0.2) is 23.7 Å². The molecule has 0 spiro atoms. The molecule has 22 heavy (non-hydrogen) atoms. The molecule has 0 aliphatic carbocycles. The van der Waals surface area contributed by atoms with Gasteiger partial charge in [0.15, 0.2) is 0 Å². The van der Waals surface area contributed by atoms with Crippen LogP contribution in [0.5, 0.6) is 0 Å². The molecular weight excluding hydrogens is 280 g/mol. The highest BCUT2D eigenvalue weighted by atomic mass is 16.5. The molecular formula is C18H26O4. The van der Waals surface area contributed by atoms with Crippen LogP contribution in [0.15, 0.2) is 24.2 Å². The Labute approximate surface area is 138 Å². The lowest BCUT2D eigenvalue weighted by Gasteiger charge is -2.07. The van der Waals surface area contributed by atoms with Crippen LogP contribution in [0.25, 0.3) is 0 Å². The highest BCUT2D eigenvalue weighted by Gasteiger charge is 2.16. The third-order valence-corrected chi connectivity index (χ3v) is 3.26. The number of hydrogen-bond acceptors (Lipinski definition) is 3. The quantitative estimate of drug-likeness (QED) is 0.509. The van der Waals surface area contributed by atoms with Gasteiger partial charge in [0, 0.05) is 0 Å². The second-order valence-corrected chi connectivity index (χ2v) is 5.64. The van der Waals surface area contributed by atoms with Gasteiger partial charge in [0.25, 0.3) is 0 Å². The number of rotatable bonds is 10. The minimum absolute atomic E-state index is 0.0881. The minimum atomic E-state index is -1.59. The lowest BCUT2D eigenvalue weighted by molar-refractivity contribution is 0.0487. The van der Waals surface area contributed by atoms with Gasteiger partial charge in [-0.2, -0.15) is 0 Å². The number of benzene rings is 1. The Morgan fingerprint density at radius 3 is 2.32 bits per heavy atom. The van der Waals surface area contributed by atoms with Crippen molar-refractivity contribution in [2.24, 2.45) is 5.92 Å². The first-order valence-electron chi connectivity index (χ1n) is 9.69. The number of carbonyl (C=O) groups is 2. The summed E-state index contributed by atoms with van der Waals surface area (Å²) in [7, 11) is 0. The first-order chi connectivity index (χ1) is 12.2. The van der Waals surface area contributed by atoms with E-state index in [2.05, 4.69) is 13.8 Å². The molecule has 0 atom stereocenters. The van der Waals surface area contributed by atoms with Gasteiger partial charge in [0.1, 0.15) is 0 Å². The number of esters is 1. The van der Waals surface area contributed by atoms with Crippen LogP contribution in [0.2, 0.25) is 0 Å². The topological polar surface area (TPSA) is 63.6 Å². The Morgan fingerprint density at radius 2 is 1.68 bits per heavy atom. The zero-order valence-corrected chi connectivity index (χ0v) is 13.2. The molecule has 1 N–H and O–H groups in total. The molecule has 0 heterocycles. The summed E-state index contributed by atoms with van der Waals surface area (Å²) < 4.78 is 35.6. The molecule has 0 unspecified atom stereocenters. The number of carboxylic acid groups (broad SMARTS) is 1. The lowest BCUT2D eigenvalue weighted by atomic mass is 10.0. The van der Waals surface area contributed by atoms with Crippen molar-refractivity contribution < 1.29 is 24.9 Å². The molecule has 0 saturated heterocycles. The maximum absolute atomic E-state index is 12.2. The Hall–Kier alpha value is -1.84. The summed E-state index contributed by atoms with van der Waals surface area (Å²) in [6.45, 7) is 4.46. The van der Waals surface area contributed by atoms with Crippen LogP contribution < -0.4 is 0 Å². The van der Waals surface area contributed by atoms with E-state index in [-0.39, 0.29) is 6.61 Å². The number of carboxylic acids is 1. The first-order valence-corrected chi connectivity index (χ1v) is 7.69. The summed E-state index contributed by atoms with van der Waals surface area (Å²) in [6.07, 6.45) is 6.00. The molecule has 4 heteroatoms. The predicted octanol–water partition coefficient (Wildman–Crippen LogP) is 4.54. The van der Waals surface area contributed by atoms with Gasteiger partial charge in [-0.15, -0.1) is 0 Å². The van der Waals surface area contributed by atoms with Gasteiger partial charge in [-0.1, -0.05) is 58.0 Å². The zero-order valence-electron chi connectivity index (χ0n) is 17.2. The molecule has 122 valence electrons. The Bertz CT molecular complexity index is 659.